The molecule has 1 N–H and O–H groups in total. The summed E-state index contributed by atoms with van der Waals surface area (Å²) in [6.45, 7) is 2.33. The average molecular weight is 214 g/mol. The number of benzene rings is 1. The number of nitriles is 1. The molecule has 1 aliphatic rings. The SMILES string of the molecule is CC1CCCC(Nc2ccc(C#N)cc2)C1. The fourth-order valence-electron chi connectivity index (χ4n) is 2.44. The van der Waals surface area contributed by atoms with Gasteiger partial charge in [-0.1, -0.05) is 19.8 Å². The maximum absolute atomic E-state index is 8.71. The highest BCUT2D eigenvalue weighted by atomic mass is 14.9. The standard InChI is InChI=1S/C14H18N2/c1-11-3-2-4-14(9-11)16-13-7-5-12(10-15)6-8-13/h5-8,11,14,16H,2-4,9H2,1H3. The van der Waals surface area contributed by atoms with Crippen LogP contribution in [0.15, 0.2) is 24.3 Å². The Bertz CT molecular complexity index is 375. The Morgan fingerprint density at radius 2 is 2.00 bits per heavy atom. The first-order chi connectivity index (χ1) is 7.78. The van der Waals surface area contributed by atoms with Gasteiger partial charge in [0.2, 0.25) is 0 Å². The van der Waals surface area contributed by atoms with Gasteiger partial charge in [-0.05, 0) is 43.0 Å². The van der Waals surface area contributed by atoms with Gasteiger partial charge >= 0.3 is 0 Å². The van der Waals surface area contributed by atoms with E-state index in [1.807, 2.05) is 24.3 Å². The molecule has 1 saturated carbocycles. The lowest BCUT2D eigenvalue weighted by molar-refractivity contribution is 0.358. The Morgan fingerprint density at radius 1 is 1.25 bits per heavy atom. The second-order valence-electron chi connectivity index (χ2n) is 4.80. The summed E-state index contributed by atoms with van der Waals surface area (Å²) in [6, 6.07) is 10.5. The summed E-state index contributed by atoms with van der Waals surface area (Å²) in [5.41, 5.74) is 1.86. The second-order valence-corrected chi connectivity index (χ2v) is 4.80. The Labute approximate surface area is 97.3 Å². The van der Waals surface area contributed by atoms with E-state index in [0.717, 1.165) is 17.2 Å². The third-order valence-corrected chi connectivity index (χ3v) is 3.32. The van der Waals surface area contributed by atoms with Crippen LogP contribution in [0, 0.1) is 17.2 Å². The van der Waals surface area contributed by atoms with E-state index in [4.69, 9.17) is 5.26 Å². The minimum absolute atomic E-state index is 0.608. The molecule has 1 aliphatic carbocycles. The lowest BCUT2D eigenvalue weighted by Gasteiger charge is -2.28. The highest BCUT2D eigenvalue weighted by molar-refractivity contribution is 5.47. The zero-order valence-electron chi connectivity index (χ0n) is 9.74. The molecule has 1 aromatic carbocycles. The predicted octanol–water partition coefficient (Wildman–Crippen LogP) is 3.55. The van der Waals surface area contributed by atoms with Crippen molar-refractivity contribution in [3.63, 3.8) is 0 Å². The molecule has 0 radical (unpaired) electrons. The molecule has 0 amide bonds. The van der Waals surface area contributed by atoms with Gasteiger partial charge in [-0.15, -0.1) is 0 Å². The molecular formula is C14H18N2. The van der Waals surface area contributed by atoms with Crippen molar-refractivity contribution in [3.8, 4) is 6.07 Å². The molecule has 0 spiro atoms. The van der Waals surface area contributed by atoms with E-state index in [-0.39, 0.29) is 0 Å². The van der Waals surface area contributed by atoms with Gasteiger partial charge in [0, 0.05) is 11.7 Å². The topological polar surface area (TPSA) is 35.8 Å². The van der Waals surface area contributed by atoms with E-state index in [2.05, 4.69) is 18.3 Å². The molecule has 2 heteroatoms. The zero-order valence-corrected chi connectivity index (χ0v) is 9.74. The monoisotopic (exact) mass is 214 g/mol. The minimum atomic E-state index is 0.608. The molecule has 2 rings (SSSR count). The normalized spacial score (nSPS) is 24.8. The Hall–Kier alpha value is -1.49. The molecular weight excluding hydrogens is 196 g/mol. The number of nitrogens with zero attached hydrogens (tertiary/aromatic N) is 1. The van der Waals surface area contributed by atoms with Crippen LogP contribution >= 0.6 is 0 Å². The van der Waals surface area contributed by atoms with Gasteiger partial charge in [0.05, 0.1) is 11.6 Å². The van der Waals surface area contributed by atoms with E-state index < -0.39 is 0 Å². The summed E-state index contributed by atoms with van der Waals surface area (Å²) in [5.74, 6) is 0.838. The molecule has 1 fully saturated rings. The number of hydrogen-bond acceptors (Lipinski definition) is 2. The van der Waals surface area contributed by atoms with Crippen molar-refractivity contribution < 1.29 is 0 Å². The number of rotatable bonds is 2. The number of nitrogens with one attached hydrogen (secondary N) is 1. The molecule has 0 bridgehead atoms. The lowest BCUT2D eigenvalue weighted by atomic mass is 9.87. The van der Waals surface area contributed by atoms with Crippen molar-refractivity contribution in [1.29, 1.82) is 5.26 Å². The Balaban J connectivity index is 1.95. The third kappa shape index (κ3) is 2.76. The fourth-order valence-corrected chi connectivity index (χ4v) is 2.44. The van der Waals surface area contributed by atoms with Crippen LogP contribution in [-0.2, 0) is 0 Å². The van der Waals surface area contributed by atoms with Crippen molar-refractivity contribution in [1.82, 2.24) is 0 Å². The first-order valence-corrected chi connectivity index (χ1v) is 6.04. The second kappa shape index (κ2) is 5.03. The predicted molar refractivity (Wildman–Crippen MR) is 66.2 cm³/mol. The summed E-state index contributed by atoms with van der Waals surface area (Å²) in [6.07, 6.45) is 5.23. The van der Waals surface area contributed by atoms with Gasteiger partial charge in [-0.25, -0.2) is 0 Å². The van der Waals surface area contributed by atoms with E-state index in [9.17, 15) is 0 Å². The molecule has 84 valence electrons. The summed E-state index contributed by atoms with van der Waals surface area (Å²) in [5, 5.41) is 12.3. The van der Waals surface area contributed by atoms with Crippen molar-refractivity contribution in [2.45, 2.75) is 38.6 Å². The summed E-state index contributed by atoms with van der Waals surface area (Å²) >= 11 is 0. The van der Waals surface area contributed by atoms with Crippen LogP contribution in [0.5, 0.6) is 0 Å². The smallest absolute Gasteiger partial charge is 0.0991 e. The van der Waals surface area contributed by atoms with E-state index >= 15 is 0 Å². The molecule has 0 heterocycles. The first-order valence-electron chi connectivity index (χ1n) is 6.04. The molecule has 16 heavy (non-hydrogen) atoms. The molecule has 2 atom stereocenters. The van der Waals surface area contributed by atoms with Gasteiger partial charge < -0.3 is 5.32 Å². The van der Waals surface area contributed by atoms with Crippen molar-refractivity contribution in [2.24, 2.45) is 5.92 Å². The van der Waals surface area contributed by atoms with Gasteiger partial charge in [0.15, 0.2) is 0 Å². The van der Waals surface area contributed by atoms with Crippen LogP contribution in [0.25, 0.3) is 0 Å². The van der Waals surface area contributed by atoms with E-state index in [1.54, 1.807) is 0 Å². The summed E-state index contributed by atoms with van der Waals surface area (Å²) in [4.78, 5) is 0. The Morgan fingerprint density at radius 3 is 2.62 bits per heavy atom. The maximum atomic E-state index is 8.71. The fraction of sp³-hybridized carbons (Fsp3) is 0.500. The van der Waals surface area contributed by atoms with Gasteiger partial charge in [0.25, 0.3) is 0 Å². The quantitative estimate of drug-likeness (QED) is 0.817. The van der Waals surface area contributed by atoms with Crippen molar-refractivity contribution in [2.75, 3.05) is 5.32 Å². The van der Waals surface area contributed by atoms with Crippen LogP contribution in [0.4, 0.5) is 5.69 Å². The maximum Gasteiger partial charge on any atom is 0.0991 e. The Kier molecular flexibility index (Phi) is 3.46. The van der Waals surface area contributed by atoms with Gasteiger partial charge in [-0.3, -0.25) is 0 Å². The van der Waals surface area contributed by atoms with Gasteiger partial charge in [-0.2, -0.15) is 5.26 Å². The number of anilines is 1. The van der Waals surface area contributed by atoms with Crippen LogP contribution in [0.1, 0.15) is 38.2 Å². The number of hydrogen-bond donors (Lipinski definition) is 1. The van der Waals surface area contributed by atoms with Crippen LogP contribution in [0.3, 0.4) is 0 Å². The largest absolute Gasteiger partial charge is 0.382 e. The van der Waals surface area contributed by atoms with E-state index in [0.29, 0.717) is 6.04 Å². The molecule has 2 nitrogen and oxygen atoms in total. The molecule has 1 aromatic rings. The van der Waals surface area contributed by atoms with Crippen molar-refractivity contribution >= 4 is 5.69 Å². The van der Waals surface area contributed by atoms with Crippen LogP contribution < -0.4 is 5.32 Å². The third-order valence-electron chi connectivity index (χ3n) is 3.32. The average Bonchev–Trinajstić information content (AvgIpc) is 2.30. The van der Waals surface area contributed by atoms with Crippen LogP contribution in [-0.4, -0.2) is 6.04 Å². The summed E-state index contributed by atoms with van der Waals surface area (Å²) in [7, 11) is 0. The molecule has 2 unspecified atom stereocenters. The van der Waals surface area contributed by atoms with E-state index in [1.165, 1.54) is 25.7 Å². The first kappa shape index (κ1) is 11.0. The van der Waals surface area contributed by atoms with Crippen LogP contribution in [0.2, 0.25) is 0 Å². The lowest BCUT2D eigenvalue weighted by Crippen LogP contribution is -2.26. The minimum Gasteiger partial charge on any atom is -0.382 e. The highest BCUT2D eigenvalue weighted by Crippen LogP contribution is 2.26. The highest BCUT2D eigenvalue weighted by Gasteiger charge is 2.18. The zero-order chi connectivity index (χ0) is 11.4. The molecule has 0 saturated heterocycles. The van der Waals surface area contributed by atoms with Crippen molar-refractivity contribution in [3.05, 3.63) is 29.8 Å². The summed E-state index contributed by atoms with van der Waals surface area (Å²) < 4.78 is 0. The molecule has 0 aromatic heterocycles. The molecule has 0 aliphatic heterocycles. The van der Waals surface area contributed by atoms with Gasteiger partial charge in [0.1, 0.15) is 0 Å².